The summed E-state index contributed by atoms with van der Waals surface area (Å²) in [4.78, 5) is 11.2. The maximum Gasteiger partial charge on any atom is 0.333 e. The molecule has 0 aliphatic heterocycles. The van der Waals surface area contributed by atoms with Gasteiger partial charge in [-0.3, -0.25) is 0 Å². The molecule has 4 heteroatoms. The van der Waals surface area contributed by atoms with Crippen molar-refractivity contribution in [3.63, 3.8) is 0 Å². The van der Waals surface area contributed by atoms with Crippen molar-refractivity contribution in [3.8, 4) is 0 Å². The van der Waals surface area contributed by atoms with E-state index in [1.807, 2.05) is 6.92 Å². The molecular weight excluding hydrogens is 204 g/mol. The molecule has 0 amide bonds. The van der Waals surface area contributed by atoms with Crippen LogP contribution in [0.4, 0.5) is 0 Å². The van der Waals surface area contributed by atoms with Crippen LogP contribution in [0.3, 0.4) is 0 Å². The van der Waals surface area contributed by atoms with E-state index in [4.69, 9.17) is 16.2 Å². The molecule has 0 fully saturated rings. The summed E-state index contributed by atoms with van der Waals surface area (Å²) >= 11 is 0. The van der Waals surface area contributed by atoms with Crippen LogP contribution in [0.15, 0.2) is 12.2 Å². The fourth-order valence-electron chi connectivity index (χ4n) is 1.29. The number of rotatable bonds is 8. The lowest BCUT2D eigenvalue weighted by Crippen LogP contribution is -2.36. The van der Waals surface area contributed by atoms with Gasteiger partial charge in [-0.25, -0.2) is 4.79 Å². The molecular formula is C12H24N2O2. The summed E-state index contributed by atoms with van der Waals surface area (Å²) < 4.78 is 5.14. The van der Waals surface area contributed by atoms with E-state index < -0.39 is 0 Å². The Kier molecular flexibility index (Phi) is 7.85. The Bertz CT molecular complexity index is 229. The van der Waals surface area contributed by atoms with Gasteiger partial charge in [-0.2, -0.15) is 0 Å². The number of carbonyl (C=O) groups excluding carboxylic acids is 1. The summed E-state index contributed by atoms with van der Waals surface area (Å²) in [6.07, 6.45) is 3.71. The van der Waals surface area contributed by atoms with Gasteiger partial charge in [-0.1, -0.05) is 19.4 Å². The molecule has 0 saturated heterocycles. The van der Waals surface area contributed by atoms with Crippen molar-refractivity contribution < 1.29 is 9.53 Å². The molecule has 4 nitrogen and oxygen atoms in total. The molecule has 0 aromatic rings. The molecule has 0 rings (SSSR count). The van der Waals surface area contributed by atoms with Gasteiger partial charge < -0.3 is 16.2 Å². The zero-order chi connectivity index (χ0) is 12.6. The van der Waals surface area contributed by atoms with E-state index in [9.17, 15) is 4.79 Å². The first-order valence-corrected chi connectivity index (χ1v) is 5.81. The maximum absolute atomic E-state index is 11.2. The highest BCUT2D eigenvalue weighted by Crippen LogP contribution is 2.08. The van der Waals surface area contributed by atoms with E-state index >= 15 is 0 Å². The quantitative estimate of drug-likeness (QED) is 0.373. The van der Waals surface area contributed by atoms with Gasteiger partial charge in [0.15, 0.2) is 0 Å². The molecule has 0 heterocycles. The predicted octanol–water partition coefficient (Wildman–Crippen LogP) is 1.34. The van der Waals surface area contributed by atoms with Gasteiger partial charge in [-0.05, 0) is 33.2 Å². The minimum absolute atomic E-state index is 0.110. The number of carbonyl (C=O) groups is 1. The SMILES string of the molecule is C=C(C)C(=O)OC(C)C(N)CCCCCN. The van der Waals surface area contributed by atoms with Gasteiger partial charge in [0.05, 0.1) is 0 Å². The van der Waals surface area contributed by atoms with Crippen LogP contribution in [0.25, 0.3) is 0 Å². The van der Waals surface area contributed by atoms with Gasteiger partial charge in [0, 0.05) is 11.6 Å². The van der Waals surface area contributed by atoms with Crippen LogP contribution in [-0.4, -0.2) is 24.7 Å². The zero-order valence-corrected chi connectivity index (χ0v) is 10.4. The first kappa shape index (κ1) is 15.1. The summed E-state index contributed by atoms with van der Waals surface area (Å²) in [6.45, 7) is 7.68. The molecule has 0 radical (unpaired) electrons. The lowest BCUT2D eigenvalue weighted by atomic mass is 10.0. The number of ether oxygens (including phenoxy) is 1. The van der Waals surface area contributed by atoms with Crippen molar-refractivity contribution >= 4 is 5.97 Å². The topological polar surface area (TPSA) is 78.3 Å². The molecule has 0 aromatic heterocycles. The van der Waals surface area contributed by atoms with E-state index in [1.54, 1.807) is 6.92 Å². The Balaban J connectivity index is 3.76. The largest absolute Gasteiger partial charge is 0.458 e. The number of hydrogen-bond acceptors (Lipinski definition) is 4. The molecule has 16 heavy (non-hydrogen) atoms. The van der Waals surface area contributed by atoms with Crippen molar-refractivity contribution in [3.05, 3.63) is 12.2 Å². The summed E-state index contributed by atoms with van der Waals surface area (Å²) in [5.74, 6) is -0.370. The van der Waals surface area contributed by atoms with Crippen molar-refractivity contribution in [2.45, 2.75) is 51.7 Å². The first-order chi connectivity index (χ1) is 7.49. The Morgan fingerprint density at radius 3 is 2.50 bits per heavy atom. The van der Waals surface area contributed by atoms with Crippen LogP contribution in [0.1, 0.15) is 39.5 Å². The predicted molar refractivity (Wildman–Crippen MR) is 65.9 cm³/mol. The van der Waals surface area contributed by atoms with Crippen LogP contribution in [0, 0.1) is 0 Å². The third-order valence-electron chi connectivity index (χ3n) is 2.49. The Hall–Kier alpha value is -0.870. The highest BCUT2D eigenvalue weighted by atomic mass is 16.5. The second-order valence-corrected chi connectivity index (χ2v) is 4.19. The summed E-state index contributed by atoms with van der Waals surface area (Å²) in [7, 11) is 0. The van der Waals surface area contributed by atoms with Crippen LogP contribution < -0.4 is 11.5 Å². The van der Waals surface area contributed by atoms with Gasteiger partial charge >= 0.3 is 5.97 Å². The van der Waals surface area contributed by atoms with Gasteiger partial charge in [0.2, 0.25) is 0 Å². The summed E-state index contributed by atoms with van der Waals surface area (Å²) in [5, 5.41) is 0. The van der Waals surface area contributed by atoms with Gasteiger partial charge in [-0.15, -0.1) is 0 Å². The minimum atomic E-state index is -0.370. The van der Waals surface area contributed by atoms with Crippen LogP contribution in [0.5, 0.6) is 0 Å². The number of esters is 1. The molecule has 4 N–H and O–H groups in total. The Labute approximate surface area is 98.0 Å². The van der Waals surface area contributed by atoms with Crippen molar-refractivity contribution in [2.75, 3.05) is 6.54 Å². The molecule has 0 aliphatic rings. The average Bonchev–Trinajstić information content (AvgIpc) is 2.23. The highest BCUT2D eigenvalue weighted by molar-refractivity contribution is 5.87. The van der Waals surface area contributed by atoms with E-state index in [0.717, 1.165) is 32.2 Å². The molecule has 0 bridgehead atoms. The van der Waals surface area contributed by atoms with Gasteiger partial charge in [0.25, 0.3) is 0 Å². The smallest absolute Gasteiger partial charge is 0.333 e. The van der Waals surface area contributed by atoms with Crippen molar-refractivity contribution in [2.24, 2.45) is 11.5 Å². The molecule has 94 valence electrons. The Morgan fingerprint density at radius 2 is 2.00 bits per heavy atom. The fourth-order valence-corrected chi connectivity index (χ4v) is 1.29. The molecule has 0 spiro atoms. The van der Waals surface area contributed by atoms with Crippen LogP contribution in [-0.2, 0) is 9.53 Å². The lowest BCUT2D eigenvalue weighted by molar-refractivity contribution is -0.144. The summed E-state index contributed by atoms with van der Waals surface area (Å²) in [6, 6.07) is -0.110. The second-order valence-electron chi connectivity index (χ2n) is 4.19. The first-order valence-electron chi connectivity index (χ1n) is 5.81. The third-order valence-corrected chi connectivity index (χ3v) is 2.49. The normalized spacial score (nSPS) is 14.2. The number of unbranched alkanes of at least 4 members (excludes halogenated alkanes) is 2. The molecule has 0 aromatic carbocycles. The summed E-state index contributed by atoms with van der Waals surface area (Å²) in [5.41, 5.74) is 11.7. The number of nitrogens with two attached hydrogens (primary N) is 2. The van der Waals surface area contributed by atoms with E-state index in [-0.39, 0.29) is 18.1 Å². The molecule has 0 aliphatic carbocycles. The lowest BCUT2D eigenvalue weighted by Gasteiger charge is -2.20. The Morgan fingerprint density at radius 1 is 1.38 bits per heavy atom. The average molecular weight is 228 g/mol. The van der Waals surface area contributed by atoms with E-state index in [0.29, 0.717) is 5.57 Å². The molecule has 2 unspecified atom stereocenters. The van der Waals surface area contributed by atoms with E-state index in [1.165, 1.54) is 0 Å². The second kappa shape index (κ2) is 8.30. The maximum atomic E-state index is 11.2. The van der Waals surface area contributed by atoms with Crippen molar-refractivity contribution in [1.29, 1.82) is 0 Å². The van der Waals surface area contributed by atoms with Crippen LogP contribution >= 0.6 is 0 Å². The molecule has 0 saturated carbocycles. The highest BCUT2D eigenvalue weighted by Gasteiger charge is 2.16. The molecule has 2 atom stereocenters. The van der Waals surface area contributed by atoms with Crippen molar-refractivity contribution in [1.82, 2.24) is 0 Å². The number of hydrogen-bond donors (Lipinski definition) is 2. The van der Waals surface area contributed by atoms with Gasteiger partial charge in [0.1, 0.15) is 6.10 Å². The zero-order valence-electron chi connectivity index (χ0n) is 10.4. The van der Waals surface area contributed by atoms with E-state index in [2.05, 4.69) is 6.58 Å². The van der Waals surface area contributed by atoms with Crippen LogP contribution in [0.2, 0.25) is 0 Å². The third kappa shape index (κ3) is 6.58. The fraction of sp³-hybridized carbons (Fsp3) is 0.750. The monoisotopic (exact) mass is 228 g/mol. The standard InChI is InChI=1S/C12H24N2O2/c1-9(2)12(15)16-10(3)11(14)7-5-4-6-8-13/h10-11H,1,4-8,13-14H2,2-3H3. The minimum Gasteiger partial charge on any atom is -0.458 e.